The van der Waals surface area contributed by atoms with Crippen LogP contribution in [0.2, 0.25) is 0 Å². The highest BCUT2D eigenvalue weighted by Gasteiger charge is 2.15. The minimum Gasteiger partial charge on any atom is -0.338 e. The Morgan fingerprint density at radius 2 is 2.23 bits per heavy atom. The van der Waals surface area contributed by atoms with Gasteiger partial charge in [-0.25, -0.2) is 4.79 Å². The van der Waals surface area contributed by atoms with Crippen LogP contribution < -0.4 is 10.6 Å². The molecule has 1 aliphatic rings. The SMILES string of the molecule is CN(C)C(=O)NCCCC1CNC1. The second-order valence-electron chi connectivity index (χ2n) is 3.79. The Kier molecular flexibility index (Phi) is 4.02. The van der Waals surface area contributed by atoms with Crippen molar-refractivity contribution >= 4 is 6.03 Å². The van der Waals surface area contributed by atoms with Crippen molar-refractivity contribution in [3.05, 3.63) is 0 Å². The van der Waals surface area contributed by atoms with E-state index in [0.29, 0.717) is 0 Å². The molecule has 1 aliphatic heterocycles. The molecule has 0 bridgehead atoms. The van der Waals surface area contributed by atoms with Crippen molar-refractivity contribution in [3.8, 4) is 0 Å². The Hall–Kier alpha value is -0.770. The molecule has 0 aromatic carbocycles. The fraction of sp³-hybridized carbons (Fsp3) is 0.889. The van der Waals surface area contributed by atoms with Gasteiger partial charge in [0.05, 0.1) is 0 Å². The first kappa shape index (κ1) is 10.3. The number of urea groups is 1. The van der Waals surface area contributed by atoms with E-state index in [0.717, 1.165) is 32.0 Å². The van der Waals surface area contributed by atoms with E-state index in [1.165, 1.54) is 6.42 Å². The van der Waals surface area contributed by atoms with Crippen molar-refractivity contribution in [3.63, 3.8) is 0 Å². The van der Waals surface area contributed by atoms with Crippen molar-refractivity contribution < 1.29 is 4.79 Å². The van der Waals surface area contributed by atoms with Gasteiger partial charge in [0.2, 0.25) is 0 Å². The summed E-state index contributed by atoms with van der Waals surface area (Å²) in [7, 11) is 3.51. The maximum atomic E-state index is 11.1. The van der Waals surface area contributed by atoms with E-state index in [-0.39, 0.29) is 6.03 Å². The molecule has 4 nitrogen and oxygen atoms in total. The van der Waals surface area contributed by atoms with Gasteiger partial charge >= 0.3 is 6.03 Å². The molecule has 4 heteroatoms. The fourth-order valence-corrected chi connectivity index (χ4v) is 1.30. The van der Waals surface area contributed by atoms with Crippen molar-refractivity contribution in [1.82, 2.24) is 15.5 Å². The summed E-state index contributed by atoms with van der Waals surface area (Å²) in [5, 5.41) is 6.09. The second-order valence-corrected chi connectivity index (χ2v) is 3.79. The maximum Gasteiger partial charge on any atom is 0.316 e. The van der Waals surface area contributed by atoms with Gasteiger partial charge in [-0.2, -0.15) is 0 Å². The quantitative estimate of drug-likeness (QED) is 0.617. The molecule has 1 rings (SSSR count). The predicted octanol–water partition coefficient (Wildman–Crippen LogP) is 0.257. The lowest BCUT2D eigenvalue weighted by molar-refractivity contribution is 0.216. The number of carbonyl (C=O) groups excluding carboxylic acids is 1. The van der Waals surface area contributed by atoms with Crippen LogP contribution in [-0.2, 0) is 0 Å². The van der Waals surface area contributed by atoms with Gasteiger partial charge in [-0.05, 0) is 31.8 Å². The third kappa shape index (κ3) is 3.63. The van der Waals surface area contributed by atoms with Gasteiger partial charge in [0.25, 0.3) is 0 Å². The zero-order valence-corrected chi connectivity index (χ0v) is 8.47. The van der Waals surface area contributed by atoms with Crippen LogP contribution in [0.5, 0.6) is 0 Å². The van der Waals surface area contributed by atoms with Crippen molar-refractivity contribution in [2.24, 2.45) is 5.92 Å². The van der Waals surface area contributed by atoms with E-state index in [2.05, 4.69) is 10.6 Å². The van der Waals surface area contributed by atoms with Gasteiger partial charge < -0.3 is 15.5 Å². The Morgan fingerprint density at radius 1 is 1.54 bits per heavy atom. The summed E-state index contributed by atoms with van der Waals surface area (Å²) in [6.45, 7) is 3.11. The molecule has 13 heavy (non-hydrogen) atoms. The molecule has 0 spiro atoms. The van der Waals surface area contributed by atoms with E-state index < -0.39 is 0 Å². The number of carbonyl (C=O) groups is 1. The van der Waals surface area contributed by atoms with Crippen LogP contribution in [0, 0.1) is 5.92 Å². The lowest BCUT2D eigenvalue weighted by atomic mass is 9.98. The molecule has 0 aromatic heterocycles. The molecule has 0 aromatic rings. The Balaban J connectivity index is 1.91. The molecule has 0 saturated carbocycles. The number of rotatable bonds is 4. The summed E-state index contributed by atoms with van der Waals surface area (Å²) in [5.74, 6) is 0.844. The number of amides is 2. The zero-order valence-electron chi connectivity index (χ0n) is 8.47. The fourth-order valence-electron chi connectivity index (χ4n) is 1.30. The zero-order chi connectivity index (χ0) is 9.68. The first-order valence-corrected chi connectivity index (χ1v) is 4.86. The van der Waals surface area contributed by atoms with Crippen molar-refractivity contribution in [2.45, 2.75) is 12.8 Å². The molecule has 0 unspecified atom stereocenters. The van der Waals surface area contributed by atoms with Crippen LogP contribution in [0.3, 0.4) is 0 Å². The smallest absolute Gasteiger partial charge is 0.316 e. The normalized spacial score (nSPS) is 16.5. The summed E-state index contributed by atoms with van der Waals surface area (Å²) in [6, 6.07) is 0.00624. The third-order valence-electron chi connectivity index (χ3n) is 2.34. The predicted molar refractivity (Wildman–Crippen MR) is 52.7 cm³/mol. The monoisotopic (exact) mass is 185 g/mol. The molecule has 2 amide bonds. The van der Waals surface area contributed by atoms with Gasteiger partial charge in [-0.15, -0.1) is 0 Å². The highest BCUT2D eigenvalue weighted by atomic mass is 16.2. The molecular weight excluding hydrogens is 166 g/mol. The van der Waals surface area contributed by atoms with Gasteiger partial charge in [0.15, 0.2) is 0 Å². The highest BCUT2D eigenvalue weighted by molar-refractivity contribution is 5.73. The summed E-state index contributed by atoms with van der Waals surface area (Å²) < 4.78 is 0. The molecule has 1 saturated heterocycles. The summed E-state index contributed by atoms with van der Waals surface area (Å²) in [4.78, 5) is 12.6. The lowest BCUT2D eigenvalue weighted by Gasteiger charge is -2.26. The average Bonchev–Trinajstić information content (AvgIpc) is 2.00. The van der Waals surface area contributed by atoms with E-state index in [1.807, 2.05) is 0 Å². The number of hydrogen-bond donors (Lipinski definition) is 2. The maximum absolute atomic E-state index is 11.1. The summed E-state index contributed by atoms with van der Waals surface area (Å²) >= 11 is 0. The van der Waals surface area contributed by atoms with E-state index in [1.54, 1.807) is 19.0 Å². The van der Waals surface area contributed by atoms with Gasteiger partial charge in [0.1, 0.15) is 0 Å². The average molecular weight is 185 g/mol. The molecule has 0 radical (unpaired) electrons. The van der Waals surface area contributed by atoms with Crippen LogP contribution in [0.1, 0.15) is 12.8 Å². The van der Waals surface area contributed by atoms with Crippen molar-refractivity contribution in [2.75, 3.05) is 33.7 Å². The largest absolute Gasteiger partial charge is 0.338 e. The van der Waals surface area contributed by atoms with Crippen LogP contribution in [0.25, 0.3) is 0 Å². The molecule has 76 valence electrons. The number of nitrogens with one attached hydrogen (secondary N) is 2. The topological polar surface area (TPSA) is 44.4 Å². The second kappa shape index (κ2) is 5.07. The minimum atomic E-state index is 0.00624. The first-order chi connectivity index (χ1) is 6.20. The summed E-state index contributed by atoms with van der Waals surface area (Å²) in [6.07, 6.45) is 2.31. The van der Waals surface area contributed by atoms with Gasteiger partial charge in [-0.1, -0.05) is 0 Å². The number of nitrogens with zero attached hydrogens (tertiary/aromatic N) is 1. The molecule has 0 aliphatic carbocycles. The van der Waals surface area contributed by atoms with Crippen LogP contribution in [-0.4, -0.2) is 44.7 Å². The van der Waals surface area contributed by atoms with E-state index in [9.17, 15) is 4.79 Å². The standard InChI is InChI=1S/C9H19N3O/c1-12(2)9(13)11-5-3-4-8-6-10-7-8/h8,10H,3-7H2,1-2H3,(H,11,13). The first-order valence-electron chi connectivity index (χ1n) is 4.86. The molecular formula is C9H19N3O. The number of hydrogen-bond acceptors (Lipinski definition) is 2. The summed E-state index contributed by atoms with van der Waals surface area (Å²) in [5.41, 5.74) is 0. The molecule has 1 fully saturated rings. The Bertz CT molecular complexity index is 166. The van der Waals surface area contributed by atoms with E-state index in [4.69, 9.17) is 0 Å². The third-order valence-corrected chi connectivity index (χ3v) is 2.34. The van der Waals surface area contributed by atoms with Crippen molar-refractivity contribution in [1.29, 1.82) is 0 Å². The van der Waals surface area contributed by atoms with E-state index >= 15 is 0 Å². The Morgan fingerprint density at radius 3 is 2.69 bits per heavy atom. The van der Waals surface area contributed by atoms with Gasteiger partial charge in [0, 0.05) is 20.6 Å². The lowest BCUT2D eigenvalue weighted by Crippen LogP contribution is -2.42. The van der Waals surface area contributed by atoms with Crippen LogP contribution >= 0.6 is 0 Å². The van der Waals surface area contributed by atoms with Gasteiger partial charge in [-0.3, -0.25) is 0 Å². The molecule has 2 N–H and O–H groups in total. The van der Waals surface area contributed by atoms with Crippen LogP contribution in [0.4, 0.5) is 4.79 Å². The molecule has 0 atom stereocenters. The highest BCUT2D eigenvalue weighted by Crippen LogP contribution is 2.09. The Labute approximate surface area is 79.7 Å². The minimum absolute atomic E-state index is 0.00624. The van der Waals surface area contributed by atoms with Crippen LogP contribution in [0.15, 0.2) is 0 Å². The molecule has 1 heterocycles.